The number of Topliss-reactive ketones (excluding diaryl/α,β-unsaturated/α-hetero) is 1. The average Bonchev–Trinajstić information content (AvgIpc) is 2.11. The van der Waals surface area contributed by atoms with Crippen molar-refractivity contribution in [2.24, 2.45) is 0 Å². The molecule has 0 heterocycles. The standard InChI is InChI=1S/C10H14O7/c1-6(11)10(16-8(3)13,17-9(4)14)5-15-7(2)12/h5H2,1-4H3. The molecule has 0 aliphatic carbocycles. The molecule has 96 valence electrons. The molecule has 7 nitrogen and oxygen atoms in total. The molecule has 0 rings (SSSR count). The number of carbonyl (C=O) groups excluding carboxylic acids is 4. The van der Waals surface area contributed by atoms with Crippen LogP contribution in [0.15, 0.2) is 0 Å². The predicted octanol–water partition coefficient (Wildman–Crippen LogP) is -0.0390. The van der Waals surface area contributed by atoms with Crippen molar-refractivity contribution < 1.29 is 33.4 Å². The van der Waals surface area contributed by atoms with Gasteiger partial charge in [-0.05, 0) is 0 Å². The summed E-state index contributed by atoms with van der Waals surface area (Å²) in [7, 11) is 0. The molecule has 0 atom stereocenters. The van der Waals surface area contributed by atoms with Gasteiger partial charge in [0, 0.05) is 27.7 Å². The second kappa shape index (κ2) is 5.97. The summed E-state index contributed by atoms with van der Waals surface area (Å²) >= 11 is 0. The van der Waals surface area contributed by atoms with E-state index < -0.39 is 36.1 Å². The number of ether oxygens (including phenoxy) is 3. The van der Waals surface area contributed by atoms with E-state index in [-0.39, 0.29) is 0 Å². The van der Waals surface area contributed by atoms with Crippen molar-refractivity contribution in [2.45, 2.75) is 33.5 Å². The number of esters is 3. The minimum absolute atomic E-state index is 0.670. The lowest BCUT2D eigenvalue weighted by atomic mass is 10.2. The van der Waals surface area contributed by atoms with Crippen LogP contribution in [0.4, 0.5) is 0 Å². The average molecular weight is 246 g/mol. The summed E-state index contributed by atoms with van der Waals surface area (Å²) in [6.45, 7) is 3.56. The number of hydrogen-bond donors (Lipinski definition) is 0. The first kappa shape index (κ1) is 15.1. The maximum absolute atomic E-state index is 11.4. The van der Waals surface area contributed by atoms with Crippen molar-refractivity contribution in [2.75, 3.05) is 6.61 Å². The third-order valence-electron chi connectivity index (χ3n) is 1.62. The Morgan fingerprint density at radius 1 is 0.824 bits per heavy atom. The van der Waals surface area contributed by atoms with Gasteiger partial charge in [0.05, 0.1) is 0 Å². The summed E-state index contributed by atoms with van der Waals surface area (Å²) < 4.78 is 13.9. The second-order valence-electron chi connectivity index (χ2n) is 3.28. The molecule has 0 unspecified atom stereocenters. The summed E-state index contributed by atoms with van der Waals surface area (Å²) in [6.07, 6.45) is 0. The lowest BCUT2D eigenvalue weighted by Crippen LogP contribution is -2.50. The molecule has 0 aromatic carbocycles. The van der Waals surface area contributed by atoms with Gasteiger partial charge in [0.25, 0.3) is 0 Å². The fourth-order valence-electron chi connectivity index (χ4n) is 0.986. The topological polar surface area (TPSA) is 96.0 Å². The van der Waals surface area contributed by atoms with E-state index >= 15 is 0 Å². The maximum Gasteiger partial charge on any atom is 0.350 e. The molecule has 0 spiro atoms. The largest absolute Gasteiger partial charge is 0.457 e. The Labute approximate surface area is 98.0 Å². The first-order valence-electron chi connectivity index (χ1n) is 4.73. The van der Waals surface area contributed by atoms with Crippen LogP contribution >= 0.6 is 0 Å². The van der Waals surface area contributed by atoms with Gasteiger partial charge in [0.1, 0.15) is 0 Å². The minimum atomic E-state index is -2.21. The van der Waals surface area contributed by atoms with Gasteiger partial charge in [-0.3, -0.25) is 19.2 Å². The molecule has 0 saturated carbocycles. The summed E-state index contributed by atoms with van der Waals surface area (Å²) in [6, 6.07) is 0. The van der Waals surface area contributed by atoms with Crippen molar-refractivity contribution in [1.82, 2.24) is 0 Å². The van der Waals surface area contributed by atoms with Gasteiger partial charge >= 0.3 is 23.7 Å². The number of carbonyl (C=O) groups is 4. The highest BCUT2D eigenvalue weighted by Crippen LogP contribution is 2.17. The summed E-state index contributed by atoms with van der Waals surface area (Å²) in [4.78, 5) is 43.8. The van der Waals surface area contributed by atoms with Crippen molar-refractivity contribution >= 4 is 23.7 Å². The van der Waals surface area contributed by atoms with Gasteiger partial charge in [-0.15, -0.1) is 0 Å². The number of hydrogen-bond acceptors (Lipinski definition) is 7. The number of ketones is 1. The van der Waals surface area contributed by atoms with Gasteiger partial charge in [-0.2, -0.15) is 0 Å². The molecule has 0 amide bonds. The third kappa shape index (κ3) is 5.10. The van der Waals surface area contributed by atoms with Gasteiger partial charge in [0.2, 0.25) is 5.78 Å². The van der Waals surface area contributed by atoms with Gasteiger partial charge < -0.3 is 14.2 Å². The van der Waals surface area contributed by atoms with E-state index in [1.54, 1.807) is 0 Å². The highest BCUT2D eigenvalue weighted by molar-refractivity contribution is 5.88. The van der Waals surface area contributed by atoms with Gasteiger partial charge in [0.15, 0.2) is 6.61 Å². The van der Waals surface area contributed by atoms with E-state index in [0.29, 0.717) is 0 Å². The van der Waals surface area contributed by atoms with Crippen LogP contribution in [0, 0.1) is 0 Å². The lowest BCUT2D eigenvalue weighted by Gasteiger charge is -2.28. The lowest BCUT2D eigenvalue weighted by molar-refractivity contribution is -0.235. The fourth-order valence-corrected chi connectivity index (χ4v) is 0.986. The Morgan fingerprint density at radius 3 is 1.47 bits per heavy atom. The number of rotatable bonds is 5. The predicted molar refractivity (Wildman–Crippen MR) is 53.6 cm³/mol. The zero-order valence-electron chi connectivity index (χ0n) is 10.1. The van der Waals surface area contributed by atoms with Crippen molar-refractivity contribution in [3.63, 3.8) is 0 Å². The highest BCUT2D eigenvalue weighted by Gasteiger charge is 2.44. The van der Waals surface area contributed by atoms with E-state index in [1.165, 1.54) is 0 Å². The second-order valence-corrected chi connectivity index (χ2v) is 3.28. The molecule has 0 aromatic rings. The fraction of sp³-hybridized carbons (Fsp3) is 0.600. The van der Waals surface area contributed by atoms with Gasteiger partial charge in [-0.25, -0.2) is 0 Å². The quantitative estimate of drug-likeness (QED) is 0.496. The Balaban J connectivity index is 5.07. The van der Waals surface area contributed by atoms with E-state index in [4.69, 9.17) is 0 Å². The summed E-state index contributed by atoms with van der Waals surface area (Å²) in [5.74, 6) is -5.34. The molecule has 0 aliphatic heterocycles. The van der Waals surface area contributed by atoms with Crippen LogP contribution in [0.5, 0.6) is 0 Å². The van der Waals surface area contributed by atoms with Gasteiger partial charge in [-0.1, -0.05) is 0 Å². The molecule has 0 bridgehead atoms. The smallest absolute Gasteiger partial charge is 0.350 e. The minimum Gasteiger partial charge on any atom is -0.457 e. The Kier molecular flexibility index (Phi) is 5.30. The van der Waals surface area contributed by atoms with Crippen LogP contribution in [-0.2, 0) is 33.4 Å². The molecule has 0 radical (unpaired) electrons. The first-order valence-corrected chi connectivity index (χ1v) is 4.73. The van der Waals surface area contributed by atoms with Crippen LogP contribution in [0.2, 0.25) is 0 Å². The molecular weight excluding hydrogens is 232 g/mol. The summed E-state index contributed by atoms with van der Waals surface area (Å²) in [5.41, 5.74) is 0. The maximum atomic E-state index is 11.4. The molecule has 0 saturated heterocycles. The normalized spacial score (nSPS) is 10.4. The Hall–Kier alpha value is -1.92. The Bertz CT molecular complexity index is 329. The van der Waals surface area contributed by atoms with Crippen LogP contribution in [0.25, 0.3) is 0 Å². The zero-order chi connectivity index (χ0) is 13.6. The van der Waals surface area contributed by atoms with Crippen LogP contribution in [0.3, 0.4) is 0 Å². The van der Waals surface area contributed by atoms with Crippen molar-refractivity contribution in [3.8, 4) is 0 Å². The molecule has 0 aromatic heterocycles. The van der Waals surface area contributed by atoms with Crippen LogP contribution in [0.1, 0.15) is 27.7 Å². The molecule has 0 aliphatic rings. The SMILES string of the molecule is CC(=O)OCC(OC(C)=O)(OC(C)=O)C(C)=O. The summed E-state index contributed by atoms with van der Waals surface area (Å²) in [5, 5.41) is 0. The molecular formula is C10H14O7. The zero-order valence-corrected chi connectivity index (χ0v) is 10.1. The van der Waals surface area contributed by atoms with Crippen molar-refractivity contribution in [1.29, 1.82) is 0 Å². The Morgan fingerprint density at radius 2 is 1.24 bits per heavy atom. The van der Waals surface area contributed by atoms with Crippen LogP contribution < -0.4 is 0 Å². The van der Waals surface area contributed by atoms with Crippen LogP contribution in [-0.4, -0.2) is 36.1 Å². The third-order valence-corrected chi connectivity index (χ3v) is 1.62. The molecule has 17 heavy (non-hydrogen) atoms. The molecule has 0 fully saturated rings. The van der Waals surface area contributed by atoms with E-state index in [2.05, 4.69) is 14.2 Å². The van der Waals surface area contributed by atoms with E-state index in [0.717, 1.165) is 27.7 Å². The molecule has 7 heteroatoms. The monoisotopic (exact) mass is 246 g/mol. The van der Waals surface area contributed by atoms with E-state index in [1.807, 2.05) is 0 Å². The first-order chi connectivity index (χ1) is 7.69. The van der Waals surface area contributed by atoms with E-state index in [9.17, 15) is 19.2 Å². The van der Waals surface area contributed by atoms with Crippen molar-refractivity contribution in [3.05, 3.63) is 0 Å². The molecule has 0 N–H and O–H groups in total. The highest BCUT2D eigenvalue weighted by atomic mass is 16.8.